The van der Waals surface area contributed by atoms with Gasteiger partial charge in [0.2, 0.25) is 0 Å². The predicted molar refractivity (Wildman–Crippen MR) is 85.9 cm³/mol. The number of ether oxygens (including phenoxy) is 1. The molecule has 22 heavy (non-hydrogen) atoms. The van der Waals surface area contributed by atoms with Crippen molar-refractivity contribution in [2.75, 3.05) is 13.7 Å². The predicted octanol–water partition coefficient (Wildman–Crippen LogP) is 3.34. The van der Waals surface area contributed by atoms with Crippen molar-refractivity contribution in [2.24, 2.45) is 0 Å². The van der Waals surface area contributed by atoms with E-state index in [4.69, 9.17) is 4.74 Å². The van der Waals surface area contributed by atoms with Crippen LogP contribution < -0.4 is 4.74 Å². The molecule has 0 saturated carbocycles. The van der Waals surface area contributed by atoms with E-state index in [1.807, 2.05) is 54.3 Å². The zero-order valence-corrected chi connectivity index (χ0v) is 12.9. The van der Waals surface area contributed by atoms with Gasteiger partial charge in [-0.05, 0) is 29.8 Å². The fraction of sp³-hybridized carbons (Fsp3) is 0.278. The zero-order chi connectivity index (χ0) is 15.9. The number of carboxylic acids is 1. The molecule has 0 aliphatic carbocycles. The third-order valence-corrected chi connectivity index (χ3v) is 3.67. The molecule has 4 heteroatoms. The van der Waals surface area contributed by atoms with Crippen LogP contribution in [-0.4, -0.2) is 29.6 Å². The minimum absolute atomic E-state index is 0.598. The summed E-state index contributed by atoms with van der Waals surface area (Å²) < 4.78 is 5.13. The zero-order valence-electron chi connectivity index (χ0n) is 12.9. The standard InChI is InChI=1S/C18H21NO3/c1-3-19(13-14-7-5-4-6-8-14)17(18(20)21)15-9-11-16(22-2)12-10-15/h4-12,17H,3,13H2,1-2H3,(H,20,21). The van der Waals surface area contributed by atoms with Crippen LogP contribution in [0.2, 0.25) is 0 Å². The Morgan fingerprint density at radius 1 is 1.14 bits per heavy atom. The van der Waals surface area contributed by atoms with Crippen molar-refractivity contribution in [3.05, 3.63) is 65.7 Å². The van der Waals surface area contributed by atoms with Crippen molar-refractivity contribution in [2.45, 2.75) is 19.5 Å². The van der Waals surface area contributed by atoms with E-state index in [-0.39, 0.29) is 0 Å². The number of carboxylic acid groups (broad SMARTS) is 1. The second-order valence-corrected chi connectivity index (χ2v) is 5.06. The van der Waals surface area contributed by atoms with Crippen LogP contribution in [0.1, 0.15) is 24.1 Å². The fourth-order valence-electron chi connectivity index (χ4n) is 2.50. The highest BCUT2D eigenvalue weighted by Crippen LogP contribution is 2.25. The first-order chi connectivity index (χ1) is 10.7. The third-order valence-electron chi connectivity index (χ3n) is 3.67. The maximum Gasteiger partial charge on any atom is 0.325 e. The Balaban J connectivity index is 2.25. The Morgan fingerprint density at radius 3 is 2.27 bits per heavy atom. The molecule has 2 rings (SSSR count). The quantitative estimate of drug-likeness (QED) is 0.852. The third kappa shape index (κ3) is 3.86. The van der Waals surface area contributed by atoms with Gasteiger partial charge in [-0.25, -0.2) is 0 Å². The number of methoxy groups -OCH3 is 1. The van der Waals surface area contributed by atoms with E-state index in [1.54, 1.807) is 19.2 Å². The van der Waals surface area contributed by atoms with Gasteiger partial charge >= 0.3 is 5.97 Å². The highest BCUT2D eigenvalue weighted by molar-refractivity contribution is 5.75. The summed E-state index contributed by atoms with van der Waals surface area (Å²) >= 11 is 0. The molecule has 0 bridgehead atoms. The van der Waals surface area contributed by atoms with Crippen molar-refractivity contribution in [1.29, 1.82) is 0 Å². The van der Waals surface area contributed by atoms with Gasteiger partial charge in [0.15, 0.2) is 0 Å². The van der Waals surface area contributed by atoms with Crippen LogP contribution in [0, 0.1) is 0 Å². The highest BCUT2D eigenvalue weighted by atomic mass is 16.5. The number of hydrogen-bond donors (Lipinski definition) is 1. The smallest absolute Gasteiger partial charge is 0.325 e. The maximum atomic E-state index is 11.8. The van der Waals surface area contributed by atoms with E-state index in [0.29, 0.717) is 13.1 Å². The lowest BCUT2D eigenvalue weighted by molar-refractivity contribution is -0.143. The number of likely N-dealkylation sites (N-methyl/N-ethyl adjacent to an activating group) is 1. The summed E-state index contributed by atoms with van der Waals surface area (Å²) in [5.74, 6) is -0.123. The van der Waals surface area contributed by atoms with E-state index >= 15 is 0 Å². The van der Waals surface area contributed by atoms with Gasteiger partial charge in [-0.2, -0.15) is 0 Å². The first kappa shape index (κ1) is 16.0. The van der Waals surface area contributed by atoms with Crippen molar-refractivity contribution in [3.8, 4) is 5.75 Å². The highest BCUT2D eigenvalue weighted by Gasteiger charge is 2.26. The first-order valence-corrected chi connectivity index (χ1v) is 7.30. The molecule has 0 radical (unpaired) electrons. The molecule has 0 amide bonds. The molecule has 2 aromatic carbocycles. The molecule has 1 unspecified atom stereocenters. The molecule has 1 atom stereocenters. The monoisotopic (exact) mass is 299 g/mol. The van der Waals surface area contributed by atoms with Crippen LogP contribution in [0.25, 0.3) is 0 Å². The van der Waals surface area contributed by atoms with Crippen LogP contribution in [-0.2, 0) is 11.3 Å². The number of carbonyl (C=O) groups is 1. The molecule has 4 nitrogen and oxygen atoms in total. The average Bonchev–Trinajstić information content (AvgIpc) is 2.55. The first-order valence-electron chi connectivity index (χ1n) is 7.30. The van der Waals surface area contributed by atoms with Gasteiger partial charge in [-0.15, -0.1) is 0 Å². The lowest BCUT2D eigenvalue weighted by Crippen LogP contribution is -2.33. The Kier molecular flexibility index (Phi) is 5.55. The minimum Gasteiger partial charge on any atom is -0.497 e. The molecule has 0 aliphatic rings. The normalized spacial score (nSPS) is 12.1. The number of rotatable bonds is 7. The van der Waals surface area contributed by atoms with Crippen LogP contribution in [0.3, 0.4) is 0 Å². The van der Waals surface area contributed by atoms with Gasteiger partial charge in [0.25, 0.3) is 0 Å². The van der Waals surface area contributed by atoms with Gasteiger partial charge in [-0.1, -0.05) is 49.4 Å². The van der Waals surface area contributed by atoms with Crippen molar-refractivity contribution in [1.82, 2.24) is 4.90 Å². The molecule has 2 aromatic rings. The van der Waals surface area contributed by atoms with Crippen LogP contribution in [0.15, 0.2) is 54.6 Å². The van der Waals surface area contributed by atoms with Gasteiger partial charge in [0.05, 0.1) is 7.11 Å². The topological polar surface area (TPSA) is 49.8 Å². The van der Waals surface area contributed by atoms with E-state index in [1.165, 1.54) is 0 Å². The Hall–Kier alpha value is -2.33. The molecule has 0 aliphatic heterocycles. The average molecular weight is 299 g/mol. The SMILES string of the molecule is CCN(Cc1ccccc1)C(C(=O)O)c1ccc(OC)cc1. The summed E-state index contributed by atoms with van der Waals surface area (Å²) in [6, 6.07) is 16.4. The van der Waals surface area contributed by atoms with Gasteiger partial charge in [0.1, 0.15) is 11.8 Å². The van der Waals surface area contributed by atoms with E-state index in [9.17, 15) is 9.90 Å². The summed E-state index contributed by atoms with van der Waals surface area (Å²) in [6.45, 7) is 3.22. The molecule has 1 N–H and O–H groups in total. The number of aliphatic carboxylic acids is 1. The van der Waals surface area contributed by atoms with Crippen LogP contribution in [0.5, 0.6) is 5.75 Å². The Bertz CT molecular complexity index is 595. The maximum absolute atomic E-state index is 11.8. The fourth-order valence-corrected chi connectivity index (χ4v) is 2.50. The van der Waals surface area contributed by atoms with Gasteiger partial charge < -0.3 is 9.84 Å². The van der Waals surface area contributed by atoms with E-state index in [0.717, 1.165) is 16.9 Å². The summed E-state index contributed by atoms with van der Waals surface area (Å²) in [7, 11) is 1.59. The summed E-state index contributed by atoms with van der Waals surface area (Å²) in [4.78, 5) is 13.7. The lowest BCUT2D eigenvalue weighted by Gasteiger charge is -2.28. The summed E-state index contributed by atoms with van der Waals surface area (Å²) in [5, 5.41) is 9.66. The molecular formula is C18H21NO3. The lowest BCUT2D eigenvalue weighted by atomic mass is 10.0. The summed E-state index contributed by atoms with van der Waals surface area (Å²) in [6.07, 6.45) is 0. The van der Waals surface area contributed by atoms with Crippen LogP contribution in [0.4, 0.5) is 0 Å². The molecular weight excluding hydrogens is 278 g/mol. The molecule has 0 aromatic heterocycles. The Labute approximate surface area is 131 Å². The van der Waals surface area contributed by atoms with Crippen molar-refractivity contribution >= 4 is 5.97 Å². The molecule has 0 heterocycles. The van der Waals surface area contributed by atoms with Crippen molar-refractivity contribution in [3.63, 3.8) is 0 Å². The van der Waals surface area contributed by atoms with Gasteiger partial charge in [-0.3, -0.25) is 9.69 Å². The number of nitrogens with zero attached hydrogens (tertiary/aromatic N) is 1. The van der Waals surface area contributed by atoms with Crippen molar-refractivity contribution < 1.29 is 14.6 Å². The van der Waals surface area contributed by atoms with E-state index in [2.05, 4.69) is 0 Å². The number of benzene rings is 2. The number of hydrogen-bond acceptors (Lipinski definition) is 3. The summed E-state index contributed by atoms with van der Waals surface area (Å²) in [5.41, 5.74) is 1.86. The molecule has 116 valence electrons. The van der Waals surface area contributed by atoms with E-state index < -0.39 is 12.0 Å². The van der Waals surface area contributed by atoms with Crippen LogP contribution >= 0.6 is 0 Å². The molecule has 0 spiro atoms. The minimum atomic E-state index is -0.844. The molecule has 0 saturated heterocycles. The Morgan fingerprint density at radius 2 is 1.77 bits per heavy atom. The second kappa shape index (κ2) is 7.61. The molecule has 0 fully saturated rings. The largest absolute Gasteiger partial charge is 0.497 e. The van der Waals surface area contributed by atoms with Gasteiger partial charge in [0, 0.05) is 6.54 Å². The second-order valence-electron chi connectivity index (χ2n) is 5.06.